The molecule has 0 spiro atoms. The molecule has 17 heavy (non-hydrogen) atoms. The number of carbonyl (C=O) groups excluding carboxylic acids is 1. The van der Waals surface area contributed by atoms with Gasteiger partial charge in [0.05, 0.1) is 6.04 Å². The number of rotatable bonds is 2. The number of amides is 1. The molecule has 92 valence electrons. The first-order valence-corrected chi connectivity index (χ1v) is 5.94. The van der Waals surface area contributed by atoms with Crippen molar-refractivity contribution >= 4 is 5.91 Å². The monoisotopic (exact) mass is 236 g/mol. The quantitative estimate of drug-likeness (QED) is 0.811. The average Bonchev–Trinajstić information content (AvgIpc) is 2.44. The highest BCUT2D eigenvalue weighted by Crippen LogP contribution is 2.10. The average molecular weight is 236 g/mol. The molecule has 2 N–H and O–H groups in total. The number of halogens is 1. The molecule has 0 radical (unpaired) electrons. The van der Waals surface area contributed by atoms with Gasteiger partial charge in [0.2, 0.25) is 5.91 Å². The minimum atomic E-state index is -0.336. The van der Waals surface area contributed by atoms with Crippen LogP contribution in [0.3, 0.4) is 0 Å². The zero-order chi connectivity index (χ0) is 12.3. The van der Waals surface area contributed by atoms with Crippen molar-refractivity contribution in [1.82, 2.24) is 10.6 Å². The molecule has 4 heteroatoms. The van der Waals surface area contributed by atoms with Gasteiger partial charge >= 0.3 is 0 Å². The van der Waals surface area contributed by atoms with E-state index in [1.54, 1.807) is 18.2 Å². The molecule has 0 saturated carbocycles. The first-order chi connectivity index (χ1) is 8.16. The number of carbonyl (C=O) groups is 1. The van der Waals surface area contributed by atoms with E-state index in [0.29, 0.717) is 12.0 Å². The molecule has 1 amide bonds. The zero-order valence-electron chi connectivity index (χ0n) is 9.87. The zero-order valence-corrected chi connectivity index (χ0v) is 9.87. The first kappa shape index (κ1) is 12.0. The van der Waals surface area contributed by atoms with Gasteiger partial charge in [0, 0.05) is 6.04 Å². The Morgan fingerprint density at radius 3 is 2.94 bits per heavy atom. The normalized spacial score (nSPS) is 25.2. The lowest BCUT2D eigenvalue weighted by Crippen LogP contribution is -2.44. The molecule has 1 aromatic carbocycles. The summed E-state index contributed by atoms with van der Waals surface area (Å²) in [6, 6.07) is 6.43. The first-order valence-electron chi connectivity index (χ1n) is 5.94. The fraction of sp³-hybridized carbons (Fsp3) is 0.462. The molecular weight excluding hydrogens is 219 g/mol. The summed E-state index contributed by atoms with van der Waals surface area (Å²) in [4.78, 5) is 11.8. The Kier molecular flexibility index (Phi) is 3.74. The molecule has 0 aliphatic carbocycles. The van der Waals surface area contributed by atoms with Crippen LogP contribution in [0.2, 0.25) is 0 Å². The van der Waals surface area contributed by atoms with Crippen molar-refractivity contribution < 1.29 is 9.18 Å². The molecule has 2 rings (SSSR count). The van der Waals surface area contributed by atoms with E-state index in [4.69, 9.17) is 0 Å². The van der Waals surface area contributed by atoms with Crippen LogP contribution >= 0.6 is 0 Å². The summed E-state index contributed by atoms with van der Waals surface area (Å²) in [5, 5.41) is 6.07. The molecule has 1 fully saturated rings. The summed E-state index contributed by atoms with van der Waals surface area (Å²) in [7, 11) is 0. The van der Waals surface area contributed by atoms with Crippen LogP contribution in [-0.4, -0.2) is 24.5 Å². The minimum Gasteiger partial charge on any atom is -0.352 e. The molecular formula is C13H17FN2O. The van der Waals surface area contributed by atoms with Crippen molar-refractivity contribution in [1.29, 1.82) is 0 Å². The highest BCUT2D eigenvalue weighted by Gasteiger charge is 2.23. The van der Waals surface area contributed by atoms with Gasteiger partial charge in [-0.2, -0.15) is 0 Å². The fourth-order valence-corrected chi connectivity index (χ4v) is 2.03. The van der Waals surface area contributed by atoms with Crippen molar-refractivity contribution in [3.05, 3.63) is 35.6 Å². The second-order valence-electron chi connectivity index (χ2n) is 4.50. The summed E-state index contributed by atoms with van der Waals surface area (Å²) in [5.74, 6) is -0.294. The van der Waals surface area contributed by atoms with Crippen molar-refractivity contribution in [3.8, 4) is 0 Å². The SMILES string of the molecule is CC1CCNC(Cc2ccccc2F)C(=O)N1. The molecule has 2 unspecified atom stereocenters. The largest absolute Gasteiger partial charge is 0.352 e. The Labute approximate surface area is 100 Å². The van der Waals surface area contributed by atoms with E-state index in [-0.39, 0.29) is 23.8 Å². The van der Waals surface area contributed by atoms with E-state index in [0.717, 1.165) is 13.0 Å². The lowest BCUT2D eigenvalue weighted by molar-refractivity contribution is -0.123. The van der Waals surface area contributed by atoms with Crippen LogP contribution in [0.1, 0.15) is 18.9 Å². The summed E-state index contributed by atoms with van der Waals surface area (Å²) in [6.07, 6.45) is 1.30. The minimum absolute atomic E-state index is 0.0433. The predicted molar refractivity (Wildman–Crippen MR) is 64.1 cm³/mol. The van der Waals surface area contributed by atoms with E-state index < -0.39 is 0 Å². The third kappa shape index (κ3) is 3.03. The maximum absolute atomic E-state index is 13.5. The van der Waals surface area contributed by atoms with Gasteiger partial charge in [-0.1, -0.05) is 18.2 Å². The Morgan fingerprint density at radius 1 is 1.41 bits per heavy atom. The molecule has 1 saturated heterocycles. The fourth-order valence-electron chi connectivity index (χ4n) is 2.03. The van der Waals surface area contributed by atoms with E-state index in [1.807, 2.05) is 6.92 Å². The van der Waals surface area contributed by atoms with Crippen molar-refractivity contribution in [3.63, 3.8) is 0 Å². The Balaban J connectivity index is 2.07. The Bertz CT molecular complexity index is 408. The molecule has 1 aromatic rings. The maximum Gasteiger partial charge on any atom is 0.237 e. The molecule has 3 nitrogen and oxygen atoms in total. The van der Waals surface area contributed by atoms with Gasteiger partial charge in [0.1, 0.15) is 5.82 Å². The summed E-state index contributed by atoms with van der Waals surface area (Å²) in [5.41, 5.74) is 0.578. The number of hydrogen-bond donors (Lipinski definition) is 2. The van der Waals surface area contributed by atoms with Crippen molar-refractivity contribution in [2.75, 3.05) is 6.54 Å². The van der Waals surface area contributed by atoms with Crippen LogP contribution in [0.5, 0.6) is 0 Å². The van der Waals surface area contributed by atoms with E-state index in [1.165, 1.54) is 6.07 Å². The third-order valence-corrected chi connectivity index (χ3v) is 3.06. The molecule has 0 aromatic heterocycles. The smallest absolute Gasteiger partial charge is 0.237 e. The van der Waals surface area contributed by atoms with Crippen LogP contribution in [0.15, 0.2) is 24.3 Å². The molecule has 1 aliphatic rings. The van der Waals surface area contributed by atoms with Gasteiger partial charge < -0.3 is 10.6 Å². The highest BCUT2D eigenvalue weighted by molar-refractivity contribution is 5.82. The third-order valence-electron chi connectivity index (χ3n) is 3.06. The number of hydrogen-bond acceptors (Lipinski definition) is 2. The van der Waals surface area contributed by atoms with Gasteiger partial charge in [0.25, 0.3) is 0 Å². The standard InChI is InChI=1S/C13H17FN2O/c1-9-6-7-15-12(13(17)16-9)8-10-4-2-3-5-11(10)14/h2-5,9,12,15H,6-8H2,1H3,(H,16,17). The van der Waals surface area contributed by atoms with E-state index >= 15 is 0 Å². The lowest BCUT2D eigenvalue weighted by atomic mass is 10.0. The van der Waals surface area contributed by atoms with E-state index in [9.17, 15) is 9.18 Å². The summed E-state index contributed by atoms with van der Waals surface area (Å²) >= 11 is 0. The second kappa shape index (κ2) is 5.27. The number of benzene rings is 1. The number of nitrogens with one attached hydrogen (secondary N) is 2. The Morgan fingerprint density at radius 2 is 2.18 bits per heavy atom. The highest BCUT2D eigenvalue weighted by atomic mass is 19.1. The predicted octanol–water partition coefficient (Wildman–Crippen LogP) is 1.23. The summed E-state index contributed by atoms with van der Waals surface area (Å²) < 4.78 is 13.5. The molecule has 2 atom stereocenters. The van der Waals surface area contributed by atoms with Crippen LogP contribution in [0.25, 0.3) is 0 Å². The van der Waals surface area contributed by atoms with Crippen LogP contribution in [0, 0.1) is 5.82 Å². The van der Waals surface area contributed by atoms with Crippen LogP contribution in [0.4, 0.5) is 4.39 Å². The van der Waals surface area contributed by atoms with Crippen LogP contribution < -0.4 is 10.6 Å². The lowest BCUT2D eigenvalue weighted by Gasteiger charge is -2.15. The van der Waals surface area contributed by atoms with Gasteiger partial charge in [0.15, 0.2) is 0 Å². The van der Waals surface area contributed by atoms with Gasteiger partial charge in [-0.25, -0.2) is 4.39 Å². The van der Waals surface area contributed by atoms with Gasteiger partial charge in [-0.05, 0) is 37.9 Å². The molecule has 1 aliphatic heterocycles. The van der Waals surface area contributed by atoms with Crippen molar-refractivity contribution in [2.45, 2.75) is 31.8 Å². The molecule has 0 bridgehead atoms. The van der Waals surface area contributed by atoms with Gasteiger partial charge in [-0.3, -0.25) is 4.79 Å². The molecule has 1 heterocycles. The van der Waals surface area contributed by atoms with E-state index in [2.05, 4.69) is 10.6 Å². The topological polar surface area (TPSA) is 41.1 Å². The maximum atomic E-state index is 13.5. The Hall–Kier alpha value is -1.42. The second-order valence-corrected chi connectivity index (χ2v) is 4.50. The van der Waals surface area contributed by atoms with Crippen molar-refractivity contribution in [2.24, 2.45) is 0 Å². The van der Waals surface area contributed by atoms with Crippen LogP contribution in [-0.2, 0) is 11.2 Å². The summed E-state index contributed by atoms with van der Waals surface area (Å²) in [6.45, 7) is 2.75. The van der Waals surface area contributed by atoms with Gasteiger partial charge in [-0.15, -0.1) is 0 Å².